The molecule has 1 N–H and O–H groups in total. The molecular formula is C10H8F5N. The van der Waals surface area contributed by atoms with Crippen LogP contribution in [0.25, 0.3) is 0 Å². The Balaban J connectivity index is 2.62. The number of rotatable bonds is 3. The van der Waals surface area contributed by atoms with E-state index in [-0.39, 0.29) is 6.08 Å². The maximum atomic E-state index is 12.4. The van der Waals surface area contributed by atoms with Crippen LogP contribution >= 0.6 is 0 Å². The first kappa shape index (κ1) is 12.5. The molecule has 1 nitrogen and oxygen atoms in total. The molecule has 16 heavy (non-hydrogen) atoms. The predicted molar refractivity (Wildman–Crippen MR) is 50.2 cm³/mol. The van der Waals surface area contributed by atoms with Crippen molar-refractivity contribution in [2.75, 3.05) is 5.32 Å². The van der Waals surface area contributed by atoms with E-state index in [0.717, 1.165) is 0 Å². The molecule has 0 fully saturated rings. The van der Waals surface area contributed by atoms with Crippen molar-refractivity contribution in [3.63, 3.8) is 0 Å². The number of anilines is 1. The van der Waals surface area contributed by atoms with Gasteiger partial charge in [0, 0.05) is 18.0 Å². The number of allylic oxidation sites excluding steroid dienone is 1. The van der Waals surface area contributed by atoms with Crippen molar-refractivity contribution < 1.29 is 22.0 Å². The van der Waals surface area contributed by atoms with Crippen LogP contribution in [-0.2, 0) is 0 Å². The van der Waals surface area contributed by atoms with E-state index < -0.39 is 12.1 Å². The molecule has 0 atom stereocenters. The third kappa shape index (κ3) is 3.22. The second-order valence-electron chi connectivity index (χ2n) is 2.96. The van der Waals surface area contributed by atoms with Crippen LogP contribution in [-0.4, -0.2) is 12.1 Å². The lowest BCUT2D eigenvalue weighted by atomic mass is 10.3. The van der Waals surface area contributed by atoms with Crippen molar-refractivity contribution in [1.82, 2.24) is 0 Å². The van der Waals surface area contributed by atoms with Crippen LogP contribution in [0.4, 0.5) is 27.6 Å². The van der Waals surface area contributed by atoms with Crippen molar-refractivity contribution >= 4 is 5.69 Å². The Labute approximate surface area is 88.6 Å². The minimum Gasteiger partial charge on any atom is -0.362 e. The van der Waals surface area contributed by atoms with Gasteiger partial charge < -0.3 is 5.32 Å². The van der Waals surface area contributed by atoms with Gasteiger partial charge in [0.25, 0.3) is 0 Å². The molecule has 0 bridgehead atoms. The van der Waals surface area contributed by atoms with Crippen LogP contribution in [0.2, 0.25) is 0 Å². The lowest BCUT2D eigenvalue weighted by Crippen LogP contribution is -2.34. The molecule has 88 valence electrons. The highest BCUT2D eigenvalue weighted by Gasteiger charge is 2.55. The van der Waals surface area contributed by atoms with Crippen molar-refractivity contribution in [2.24, 2.45) is 0 Å². The lowest BCUT2D eigenvalue weighted by Gasteiger charge is -2.15. The molecule has 0 heterocycles. The Morgan fingerprint density at radius 3 is 2.00 bits per heavy atom. The smallest absolute Gasteiger partial charge is 0.362 e. The minimum absolute atomic E-state index is 0.222. The lowest BCUT2D eigenvalue weighted by molar-refractivity contribution is -0.259. The summed E-state index contributed by atoms with van der Waals surface area (Å²) in [4.78, 5) is 0. The molecule has 0 spiro atoms. The molecule has 1 rings (SSSR count). The largest absolute Gasteiger partial charge is 0.457 e. The molecule has 0 saturated carbocycles. The third-order valence-corrected chi connectivity index (χ3v) is 1.69. The minimum atomic E-state index is -5.57. The molecule has 0 aromatic heterocycles. The summed E-state index contributed by atoms with van der Waals surface area (Å²) in [5, 5.41) is 2.31. The van der Waals surface area contributed by atoms with E-state index in [1.807, 2.05) is 0 Å². The predicted octanol–water partition coefficient (Wildman–Crippen LogP) is 3.81. The molecule has 0 aliphatic heterocycles. The third-order valence-electron chi connectivity index (χ3n) is 1.69. The summed E-state index contributed by atoms with van der Waals surface area (Å²) in [7, 11) is 0. The van der Waals surface area contributed by atoms with Gasteiger partial charge in [-0.05, 0) is 12.1 Å². The highest BCUT2D eigenvalue weighted by Crippen LogP contribution is 2.36. The summed E-state index contributed by atoms with van der Waals surface area (Å²) >= 11 is 0. The molecule has 1 aromatic rings. The van der Waals surface area contributed by atoms with Gasteiger partial charge in [0.1, 0.15) is 0 Å². The van der Waals surface area contributed by atoms with E-state index in [9.17, 15) is 22.0 Å². The summed E-state index contributed by atoms with van der Waals surface area (Å²) in [6.45, 7) is 0. The van der Waals surface area contributed by atoms with E-state index in [1.165, 1.54) is 12.1 Å². The first-order valence-electron chi connectivity index (χ1n) is 4.27. The summed E-state index contributed by atoms with van der Waals surface area (Å²) in [6.07, 6.45) is -5.22. The van der Waals surface area contributed by atoms with Gasteiger partial charge in [-0.3, -0.25) is 0 Å². The second kappa shape index (κ2) is 4.51. The van der Waals surface area contributed by atoms with E-state index in [0.29, 0.717) is 11.9 Å². The number of alkyl halides is 5. The number of para-hydroxylation sites is 1. The quantitative estimate of drug-likeness (QED) is 0.788. The number of nitrogens with one attached hydrogen (secondary N) is 1. The number of halogens is 5. The summed E-state index contributed by atoms with van der Waals surface area (Å²) in [5.74, 6) is -4.82. The van der Waals surface area contributed by atoms with Crippen LogP contribution in [0, 0.1) is 0 Å². The van der Waals surface area contributed by atoms with Crippen LogP contribution in [0.15, 0.2) is 42.6 Å². The zero-order valence-corrected chi connectivity index (χ0v) is 7.93. The van der Waals surface area contributed by atoms with Gasteiger partial charge in [-0.2, -0.15) is 22.0 Å². The number of hydrogen-bond acceptors (Lipinski definition) is 1. The molecule has 0 radical (unpaired) electrons. The molecule has 1 aromatic carbocycles. The average molecular weight is 237 g/mol. The molecule has 0 aliphatic carbocycles. The summed E-state index contributed by atoms with van der Waals surface area (Å²) < 4.78 is 60.0. The first-order chi connectivity index (χ1) is 7.33. The second-order valence-corrected chi connectivity index (χ2v) is 2.96. The monoisotopic (exact) mass is 237 g/mol. The van der Waals surface area contributed by atoms with Crippen LogP contribution in [0.3, 0.4) is 0 Å². The highest BCUT2D eigenvalue weighted by atomic mass is 19.4. The van der Waals surface area contributed by atoms with E-state index in [2.05, 4.69) is 5.32 Å². The highest BCUT2D eigenvalue weighted by molar-refractivity contribution is 5.45. The van der Waals surface area contributed by atoms with Crippen molar-refractivity contribution in [3.05, 3.63) is 42.6 Å². The first-order valence-corrected chi connectivity index (χ1v) is 4.27. The van der Waals surface area contributed by atoms with Gasteiger partial charge in [-0.25, -0.2) is 0 Å². The van der Waals surface area contributed by atoms with Crippen LogP contribution < -0.4 is 5.32 Å². The molecule has 0 saturated heterocycles. The zero-order valence-electron chi connectivity index (χ0n) is 7.93. The average Bonchev–Trinajstić information content (AvgIpc) is 2.17. The maximum absolute atomic E-state index is 12.4. The zero-order chi connectivity index (χ0) is 12.2. The van der Waals surface area contributed by atoms with Crippen LogP contribution in [0.1, 0.15) is 0 Å². The molecule has 0 amide bonds. The number of benzene rings is 1. The molecular weight excluding hydrogens is 229 g/mol. The van der Waals surface area contributed by atoms with E-state index in [1.54, 1.807) is 18.2 Å². The van der Waals surface area contributed by atoms with E-state index in [4.69, 9.17) is 0 Å². The number of hydrogen-bond donors (Lipinski definition) is 1. The standard InChI is InChI=1S/C10H8F5N/c11-9(12,10(13,14)15)6-7-16-8-4-2-1-3-5-8/h1-7,16H/b7-6+. The van der Waals surface area contributed by atoms with Crippen molar-refractivity contribution in [1.29, 1.82) is 0 Å². The Bertz CT molecular complexity index is 355. The summed E-state index contributed by atoms with van der Waals surface area (Å²) in [6, 6.07) is 8.02. The molecule has 0 aliphatic rings. The Morgan fingerprint density at radius 1 is 0.938 bits per heavy atom. The Morgan fingerprint density at radius 2 is 1.50 bits per heavy atom. The molecule has 6 heteroatoms. The fourth-order valence-electron chi connectivity index (χ4n) is 0.871. The molecule has 0 unspecified atom stereocenters. The normalized spacial score (nSPS) is 13.1. The van der Waals surface area contributed by atoms with Crippen molar-refractivity contribution in [2.45, 2.75) is 12.1 Å². The summed E-state index contributed by atoms with van der Waals surface area (Å²) in [5.41, 5.74) is 0.428. The van der Waals surface area contributed by atoms with Gasteiger partial charge in [-0.15, -0.1) is 0 Å². The SMILES string of the molecule is FC(F)(F)C(F)(F)/C=C/Nc1ccccc1. The fourth-order valence-corrected chi connectivity index (χ4v) is 0.871. The Hall–Kier alpha value is -1.59. The topological polar surface area (TPSA) is 12.0 Å². The van der Waals surface area contributed by atoms with Gasteiger partial charge in [0.05, 0.1) is 0 Å². The Kier molecular flexibility index (Phi) is 3.51. The fraction of sp³-hybridized carbons (Fsp3) is 0.200. The van der Waals surface area contributed by atoms with E-state index >= 15 is 0 Å². The van der Waals surface area contributed by atoms with Gasteiger partial charge in [-0.1, -0.05) is 18.2 Å². The van der Waals surface area contributed by atoms with Crippen LogP contribution in [0.5, 0.6) is 0 Å². The maximum Gasteiger partial charge on any atom is 0.457 e. The van der Waals surface area contributed by atoms with Crippen molar-refractivity contribution in [3.8, 4) is 0 Å². The van der Waals surface area contributed by atoms with Gasteiger partial charge >= 0.3 is 12.1 Å². The van der Waals surface area contributed by atoms with Gasteiger partial charge in [0.15, 0.2) is 0 Å². The van der Waals surface area contributed by atoms with Gasteiger partial charge in [0.2, 0.25) is 0 Å².